The molecule has 0 bridgehead atoms. The van der Waals surface area contributed by atoms with Gasteiger partial charge >= 0.3 is 6.03 Å². The highest BCUT2D eigenvalue weighted by atomic mass is 28.4. The van der Waals surface area contributed by atoms with Gasteiger partial charge < -0.3 is 14.3 Å². The van der Waals surface area contributed by atoms with E-state index < -0.39 is 56.5 Å². The Labute approximate surface area is 199 Å². The van der Waals surface area contributed by atoms with Crippen LogP contribution in [-0.4, -0.2) is 84.6 Å². The van der Waals surface area contributed by atoms with Crippen LogP contribution in [0, 0.1) is 0 Å². The molecule has 3 aliphatic rings. The van der Waals surface area contributed by atoms with Gasteiger partial charge in [-0.2, -0.15) is 0 Å². The van der Waals surface area contributed by atoms with Gasteiger partial charge in [0.1, 0.15) is 18.4 Å². The Morgan fingerprint density at radius 1 is 1.12 bits per heavy atom. The van der Waals surface area contributed by atoms with Crippen molar-refractivity contribution in [3.05, 3.63) is 35.4 Å². The van der Waals surface area contributed by atoms with Crippen molar-refractivity contribution in [2.75, 3.05) is 13.2 Å². The number of fused-ring (bicyclic) bond motifs is 1. The van der Waals surface area contributed by atoms with Gasteiger partial charge in [0.05, 0.1) is 30.4 Å². The number of amides is 5. The molecular weight excluding hydrogens is 458 g/mol. The second kappa shape index (κ2) is 8.56. The topological polar surface area (TPSA) is 125 Å². The van der Waals surface area contributed by atoms with E-state index in [1.54, 1.807) is 12.1 Å². The van der Waals surface area contributed by atoms with E-state index in [4.69, 9.17) is 9.16 Å². The van der Waals surface area contributed by atoms with E-state index in [1.807, 2.05) is 0 Å². The third-order valence-corrected chi connectivity index (χ3v) is 11.8. The molecule has 2 saturated heterocycles. The van der Waals surface area contributed by atoms with E-state index in [0.717, 1.165) is 4.90 Å². The summed E-state index contributed by atoms with van der Waals surface area (Å²) in [6.45, 7) is 10.5. The first-order chi connectivity index (χ1) is 15.8. The van der Waals surface area contributed by atoms with Crippen LogP contribution in [0.15, 0.2) is 24.3 Å². The molecule has 0 aromatic heterocycles. The number of hydrogen-bond acceptors (Lipinski definition) is 7. The number of aliphatic hydroxyl groups is 1. The van der Waals surface area contributed by atoms with Crippen LogP contribution in [-0.2, 0) is 14.0 Å². The number of nitrogens with one attached hydrogen (secondary N) is 1. The van der Waals surface area contributed by atoms with E-state index in [1.165, 1.54) is 17.0 Å². The van der Waals surface area contributed by atoms with Crippen LogP contribution in [0.25, 0.3) is 0 Å². The molecule has 11 heteroatoms. The smallest absolute Gasteiger partial charge is 0.326 e. The molecule has 2 N–H and O–H groups in total. The normalized spacial score (nSPS) is 27.9. The van der Waals surface area contributed by atoms with E-state index >= 15 is 0 Å². The molecule has 2 fully saturated rings. The van der Waals surface area contributed by atoms with Gasteiger partial charge in [0.15, 0.2) is 8.32 Å². The molecule has 1 aromatic rings. The zero-order valence-corrected chi connectivity index (χ0v) is 21.0. The summed E-state index contributed by atoms with van der Waals surface area (Å²) >= 11 is 0. The van der Waals surface area contributed by atoms with E-state index in [9.17, 15) is 24.3 Å². The molecular formula is C23H31N3O7Si. The minimum absolute atomic E-state index is 0.0112. The standard InChI is InChI=1S/C23H31N3O7Si/c1-23(2,3)34(4,5)32-12-17-16(27)10-18(33-17)25-11-15(19(28)24-22(25)31)26-20(29)13-8-6-7-9-14(13)21(26)30/h6-9,15-18,27H,10-12H2,1-5H3,(H,24,28,31)/t15?,16-,17+,18+/m0/s1. The van der Waals surface area contributed by atoms with Gasteiger partial charge in [-0.25, -0.2) is 4.79 Å². The summed E-state index contributed by atoms with van der Waals surface area (Å²) in [6.07, 6.45) is -2.20. The monoisotopic (exact) mass is 489 g/mol. The molecule has 4 rings (SSSR count). The number of rotatable bonds is 5. The van der Waals surface area contributed by atoms with Crippen molar-refractivity contribution in [1.82, 2.24) is 15.1 Å². The molecule has 0 saturated carbocycles. The number of carbonyl (C=O) groups is 4. The van der Waals surface area contributed by atoms with Gasteiger partial charge in [-0.15, -0.1) is 0 Å². The van der Waals surface area contributed by atoms with Gasteiger partial charge in [-0.05, 0) is 30.3 Å². The summed E-state index contributed by atoms with van der Waals surface area (Å²) in [5.74, 6) is -1.89. The van der Waals surface area contributed by atoms with Crippen LogP contribution in [0.5, 0.6) is 0 Å². The second-order valence-corrected chi connectivity index (χ2v) is 15.3. The number of aliphatic hydroxyl groups excluding tert-OH is 1. The summed E-state index contributed by atoms with van der Waals surface area (Å²) in [4.78, 5) is 53.1. The van der Waals surface area contributed by atoms with Crippen LogP contribution in [0.4, 0.5) is 4.79 Å². The fourth-order valence-electron chi connectivity index (χ4n) is 4.12. The van der Waals surface area contributed by atoms with Crippen LogP contribution in [0.1, 0.15) is 47.9 Å². The molecule has 4 atom stereocenters. The van der Waals surface area contributed by atoms with Gasteiger partial charge in [0.25, 0.3) is 17.7 Å². The van der Waals surface area contributed by atoms with Gasteiger partial charge in [-0.1, -0.05) is 32.9 Å². The lowest BCUT2D eigenvalue weighted by Gasteiger charge is -2.38. The van der Waals surface area contributed by atoms with Crippen LogP contribution >= 0.6 is 0 Å². The number of nitrogens with zero attached hydrogens (tertiary/aromatic N) is 2. The van der Waals surface area contributed by atoms with Crippen molar-refractivity contribution in [2.24, 2.45) is 0 Å². The molecule has 1 aromatic carbocycles. The number of ether oxygens (including phenoxy) is 1. The molecule has 3 aliphatic heterocycles. The lowest BCUT2D eigenvalue weighted by atomic mass is 10.1. The number of urea groups is 1. The Bertz CT molecular complexity index is 1000. The Balaban J connectivity index is 1.47. The maximum Gasteiger partial charge on any atom is 0.326 e. The fraction of sp³-hybridized carbons (Fsp3) is 0.565. The summed E-state index contributed by atoms with van der Waals surface area (Å²) in [5.41, 5.74) is 0.443. The fourth-order valence-corrected chi connectivity index (χ4v) is 5.13. The van der Waals surface area contributed by atoms with Crippen molar-refractivity contribution in [1.29, 1.82) is 0 Å². The first-order valence-electron chi connectivity index (χ1n) is 11.4. The average molecular weight is 490 g/mol. The highest BCUT2D eigenvalue weighted by Crippen LogP contribution is 2.37. The minimum atomic E-state index is -2.07. The summed E-state index contributed by atoms with van der Waals surface area (Å²) in [7, 11) is -2.07. The lowest BCUT2D eigenvalue weighted by Crippen LogP contribution is -2.65. The highest BCUT2D eigenvalue weighted by molar-refractivity contribution is 6.74. The van der Waals surface area contributed by atoms with Crippen LogP contribution in [0.2, 0.25) is 18.1 Å². The molecule has 0 aliphatic carbocycles. The predicted octanol–water partition coefficient (Wildman–Crippen LogP) is 1.70. The summed E-state index contributed by atoms with van der Waals surface area (Å²) < 4.78 is 12.1. The first kappa shape index (κ1) is 24.5. The largest absolute Gasteiger partial charge is 0.414 e. The Morgan fingerprint density at radius 2 is 1.71 bits per heavy atom. The molecule has 10 nitrogen and oxygen atoms in total. The first-order valence-corrected chi connectivity index (χ1v) is 14.3. The molecule has 5 amide bonds. The number of hydrogen-bond donors (Lipinski definition) is 2. The summed E-state index contributed by atoms with van der Waals surface area (Å²) in [5, 5.41) is 12.8. The van der Waals surface area contributed by atoms with Gasteiger partial charge in [0, 0.05) is 6.42 Å². The van der Waals surface area contributed by atoms with Crippen LogP contribution < -0.4 is 5.32 Å². The molecule has 0 radical (unpaired) electrons. The SMILES string of the molecule is CC(C)(C)[Si](C)(C)OC[C@H]1O[C@@H](N2CC(N3C(=O)c4ccccc4C3=O)C(=O)NC2=O)C[C@@H]1O. The molecule has 34 heavy (non-hydrogen) atoms. The zero-order chi connectivity index (χ0) is 25.0. The van der Waals surface area contributed by atoms with Crippen LogP contribution in [0.3, 0.4) is 0 Å². The third-order valence-electron chi connectivity index (χ3n) is 7.27. The van der Waals surface area contributed by atoms with Gasteiger partial charge in [0.2, 0.25) is 0 Å². The van der Waals surface area contributed by atoms with Crippen molar-refractivity contribution in [2.45, 2.75) is 69.8 Å². The summed E-state index contributed by atoms with van der Waals surface area (Å²) in [6, 6.07) is 4.45. The number of carbonyl (C=O) groups excluding carboxylic acids is 4. The van der Waals surface area contributed by atoms with Crippen molar-refractivity contribution >= 4 is 32.1 Å². The highest BCUT2D eigenvalue weighted by Gasteiger charge is 2.50. The second-order valence-electron chi connectivity index (χ2n) is 10.5. The lowest BCUT2D eigenvalue weighted by molar-refractivity contribution is -0.129. The Hall–Kier alpha value is -2.60. The van der Waals surface area contributed by atoms with E-state index in [-0.39, 0.29) is 35.7 Å². The molecule has 184 valence electrons. The maximum absolute atomic E-state index is 12.9. The number of benzene rings is 1. The van der Waals surface area contributed by atoms with E-state index in [0.29, 0.717) is 0 Å². The average Bonchev–Trinajstić information content (AvgIpc) is 3.24. The maximum atomic E-state index is 12.9. The number of imide groups is 2. The minimum Gasteiger partial charge on any atom is -0.414 e. The third kappa shape index (κ3) is 4.17. The van der Waals surface area contributed by atoms with Gasteiger partial charge in [-0.3, -0.25) is 29.5 Å². The molecule has 3 heterocycles. The molecule has 1 unspecified atom stereocenters. The van der Waals surface area contributed by atoms with E-state index in [2.05, 4.69) is 39.2 Å². The Kier molecular flexibility index (Phi) is 6.17. The van der Waals surface area contributed by atoms with Crippen molar-refractivity contribution in [3.8, 4) is 0 Å². The zero-order valence-electron chi connectivity index (χ0n) is 20.0. The van der Waals surface area contributed by atoms with Crippen molar-refractivity contribution in [3.63, 3.8) is 0 Å². The predicted molar refractivity (Wildman–Crippen MR) is 123 cm³/mol. The quantitative estimate of drug-likeness (QED) is 0.476. The Morgan fingerprint density at radius 3 is 2.26 bits per heavy atom. The van der Waals surface area contributed by atoms with Crippen molar-refractivity contribution < 1.29 is 33.4 Å². The molecule has 0 spiro atoms.